The fourth-order valence-electron chi connectivity index (χ4n) is 4.76. The van der Waals surface area contributed by atoms with Gasteiger partial charge in [-0.05, 0) is 69.1 Å². The maximum atomic E-state index is 13.1. The van der Waals surface area contributed by atoms with Crippen LogP contribution >= 0.6 is 35.7 Å². The van der Waals surface area contributed by atoms with Gasteiger partial charge in [-0.15, -0.1) is 11.8 Å². The minimum Gasteiger partial charge on any atom is -0.465 e. The lowest BCUT2D eigenvalue weighted by molar-refractivity contribution is -0.150. The third kappa shape index (κ3) is 20.5. The third-order valence-electron chi connectivity index (χ3n) is 7.53. The van der Waals surface area contributed by atoms with E-state index in [4.69, 9.17) is 40.6 Å². The summed E-state index contributed by atoms with van der Waals surface area (Å²) in [5, 5.41) is -0.397. The van der Waals surface area contributed by atoms with Gasteiger partial charge in [0.05, 0.1) is 32.3 Å². The molecule has 300 valence electrons. The van der Waals surface area contributed by atoms with Crippen LogP contribution in [0.15, 0.2) is 71.8 Å². The van der Waals surface area contributed by atoms with E-state index in [0.29, 0.717) is 34.0 Å². The van der Waals surface area contributed by atoms with E-state index in [1.165, 1.54) is 23.5 Å². The molecule has 0 fully saturated rings. The Morgan fingerprint density at radius 3 is 1.82 bits per heavy atom. The summed E-state index contributed by atoms with van der Waals surface area (Å²) in [6, 6.07) is 18.5. The van der Waals surface area contributed by atoms with Gasteiger partial charge in [-0.3, -0.25) is 14.4 Å². The Kier molecular flexibility index (Phi) is 23.0. The zero-order valence-corrected chi connectivity index (χ0v) is 34.6. The Morgan fingerprint density at radius 1 is 0.727 bits per heavy atom. The van der Waals surface area contributed by atoms with Crippen molar-refractivity contribution in [3.05, 3.63) is 82.9 Å². The summed E-state index contributed by atoms with van der Waals surface area (Å²) in [7, 11) is 0. The molecule has 2 unspecified atom stereocenters. The molecule has 2 aromatic carbocycles. The quantitative estimate of drug-likeness (QED) is 0.0242. The Balaban J connectivity index is 1.79. The second-order valence-corrected chi connectivity index (χ2v) is 16.6. The molecule has 2 rings (SSSR count). The van der Waals surface area contributed by atoms with Gasteiger partial charge in [0.25, 0.3) is 6.47 Å². The second kappa shape index (κ2) is 26.8. The van der Waals surface area contributed by atoms with Gasteiger partial charge < -0.3 is 28.4 Å². The van der Waals surface area contributed by atoms with Crippen LogP contribution in [0.25, 0.3) is 12.2 Å². The van der Waals surface area contributed by atoms with Gasteiger partial charge >= 0.3 is 23.9 Å². The van der Waals surface area contributed by atoms with Crippen molar-refractivity contribution < 1.29 is 52.4 Å². The molecule has 0 bridgehead atoms. The van der Waals surface area contributed by atoms with E-state index in [-0.39, 0.29) is 58.5 Å². The van der Waals surface area contributed by atoms with E-state index >= 15 is 0 Å². The van der Waals surface area contributed by atoms with Crippen molar-refractivity contribution in [3.8, 4) is 0 Å². The van der Waals surface area contributed by atoms with Crippen molar-refractivity contribution in [2.75, 3.05) is 45.4 Å². The van der Waals surface area contributed by atoms with Crippen molar-refractivity contribution in [3.63, 3.8) is 0 Å². The van der Waals surface area contributed by atoms with Gasteiger partial charge in [-0.1, -0.05) is 98.5 Å². The normalized spacial score (nSPS) is 12.9. The number of thiocarbonyl (C=S) groups is 1. The highest BCUT2D eigenvalue weighted by Gasteiger charge is 2.26. The lowest BCUT2D eigenvalue weighted by atomic mass is 9.96. The fraction of sp³-hybridized carbons (Fsp3) is 0.463. The van der Waals surface area contributed by atoms with Gasteiger partial charge in [0.15, 0.2) is 0 Å². The number of thioether (sulfide) groups is 2. The Bertz CT molecular complexity index is 1580. The highest BCUT2D eigenvalue weighted by atomic mass is 32.2. The summed E-state index contributed by atoms with van der Waals surface area (Å²) in [4.78, 5) is 62.0. The van der Waals surface area contributed by atoms with Crippen LogP contribution in [-0.2, 0) is 52.4 Å². The number of benzene rings is 2. The Labute approximate surface area is 338 Å². The van der Waals surface area contributed by atoms with E-state index < -0.39 is 34.7 Å². The van der Waals surface area contributed by atoms with Crippen molar-refractivity contribution in [1.29, 1.82) is 0 Å². The van der Waals surface area contributed by atoms with Crippen molar-refractivity contribution in [2.45, 2.75) is 71.2 Å². The van der Waals surface area contributed by atoms with Crippen LogP contribution in [0.2, 0.25) is 0 Å². The molecule has 0 saturated carbocycles. The third-order valence-corrected chi connectivity index (χ3v) is 10.1. The first-order valence-corrected chi connectivity index (χ1v) is 20.3. The molecule has 11 nitrogen and oxygen atoms in total. The number of esters is 4. The van der Waals surface area contributed by atoms with Crippen LogP contribution in [-0.4, -0.2) is 90.1 Å². The van der Waals surface area contributed by atoms with Crippen LogP contribution in [0.4, 0.5) is 0 Å². The molecule has 0 heterocycles. The first kappa shape index (κ1) is 47.2. The first-order chi connectivity index (χ1) is 26.3. The maximum absolute atomic E-state index is 13.1. The van der Waals surface area contributed by atoms with Crippen LogP contribution < -0.4 is 0 Å². The molecule has 0 aliphatic rings. The molecule has 2 atom stereocenters. The largest absolute Gasteiger partial charge is 0.465 e. The molecule has 0 spiro atoms. The number of unbranched alkanes of at least 4 members (excludes halogenated alkanes) is 1. The van der Waals surface area contributed by atoms with E-state index in [9.17, 15) is 24.0 Å². The minimum absolute atomic E-state index is 0.0396. The molecule has 55 heavy (non-hydrogen) atoms. The number of hydrogen-bond acceptors (Lipinski definition) is 14. The maximum Gasteiger partial charge on any atom is 0.334 e. The number of ether oxygens (including phenoxy) is 6. The molecular formula is C41H52O11S3. The van der Waals surface area contributed by atoms with Crippen LogP contribution in [0.5, 0.6) is 0 Å². The summed E-state index contributed by atoms with van der Waals surface area (Å²) in [6.07, 6.45) is 4.60. The zero-order chi connectivity index (χ0) is 40.5. The number of carbonyl (C=O) groups is 5. The highest BCUT2D eigenvalue weighted by Crippen LogP contribution is 2.24. The molecule has 2 aromatic rings. The average molecular weight is 817 g/mol. The average Bonchev–Trinajstić information content (AvgIpc) is 3.15. The van der Waals surface area contributed by atoms with Crippen LogP contribution in [0.1, 0.15) is 71.4 Å². The first-order valence-electron chi connectivity index (χ1n) is 18.1. The summed E-state index contributed by atoms with van der Waals surface area (Å²) >= 11 is 8.05. The minimum atomic E-state index is -0.919. The molecule has 0 saturated heterocycles. The lowest BCUT2D eigenvalue weighted by Crippen LogP contribution is -2.27. The van der Waals surface area contributed by atoms with E-state index in [1.54, 1.807) is 39.8 Å². The predicted molar refractivity (Wildman–Crippen MR) is 220 cm³/mol. The number of hydrogen-bond donors (Lipinski definition) is 0. The van der Waals surface area contributed by atoms with E-state index in [2.05, 4.69) is 0 Å². The lowest BCUT2D eigenvalue weighted by Gasteiger charge is -2.23. The molecule has 0 radical (unpaired) electrons. The summed E-state index contributed by atoms with van der Waals surface area (Å²) in [5.41, 5.74) is 1.30. The number of rotatable bonds is 25. The van der Waals surface area contributed by atoms with Gasteiger partial charge in [0, 0.05) is 17.6 Å². The Morgan fingerprint density at radius 2 is 1.24 bits per heavy atom. The molecular weight excluding hydrogens is 765 g/mol. The van der Waals surface area contributed by atoms with Gasteiger partial charge in [-0.25, -0.2) is 9.59 Å². The summed E-state index contributed by atoms with van der Waals surface area (Å²) in [5.74, 6) is -1.79. The van der Waals surface area contributed by atoms with Gasteiger partial charge in [0.1, 0.15) is 27.6 Å². The van der Waals surface area contributed by atoms with E-state index in [1.807, 2.05) is 67.6 Å². The van der Waals surface area contributed by atoms with Gasteiger partial charge in [-0.2, -0.15) is 0 Å². The van der Waals surface area contributed by atoms with Gasteiger partial charge in [0.2, 0.25) is 0 Å². The standard InChI is InChI=1S/C41H52O11S3/c1-6-54-40(53)55-31(3)37(44)48-19-13-14-20-49-38(45)34(26-32-15-9-7-10-16-32)25-30(2)36(43)50-23-21-47-22-24-51-39(46)35(28-41(4,5)52-29-42)27-33-17-11-8-12-18-33/h7-12,15-18,26-27,29-31H,6,13-14,19-25,28H2,1-5H3/b34-26+,35-27+. The van der Waals surface area contributed by atoms with Crippen molar-refractivity contribution >= 4 is 81.8 Å². The Hall–Kier alpha value is -3.98. The molecule has 14 heteroatoms. The van der Waals surface area contributed by atoms with Crippen molar-refractivity contribution in [2.24, 2.45) is 5.92 Å². The van der Waals surface area contributed by atoms with Crippen molar-refractivity contribution in [1.82, 2.24) is 0 Å². The van der Waals surface area contributed by atoms with Crippen LogP contribution in [0.3, 0.4) is 0 Å². The van der Waals surface area contributed by atoms with Crippen LogP contribution in [0, 0.1) is 5.92 Å². The highest BCUT2D eigenvalue weighted by molar-refractivity contribution is 8.47. The van der Waals surface area contributed by atoms with E-state index in [0.717, 1.165) is 16.9 Å². The SMILES string of the molecule is CCSC(=S)SC(C)C(=O)OCCCCOC(=O)/C(=C/c1ccccc1)CC(C)C(=O)OCCOCCOC(=O)/C(=C/c1ccccc1)CC(C)(C)OC=O. The molecule has 0 N–H and O–H groups in total. The molecule has 0 amide bonds. The zero-order valence-electron chi connectivity index (χ0n) is 32.2. The summed E-state index contributed by atoms with van der Waals surface area (Å²) in [6.45, 7) is 9.52. The topological polar surface area (TPSA) is 141 Å². The monoisotopic (exact) mass is 816 g/mol. The molecule has 0 aliphatic heterocycles. The smallest absolute Gasteiger partial charge is 0.334 e. The number of carbonyl (C=O) groups excluding carboxylic acids is 5. The fourth-order valence-corrected chi connectivity index (χ4v) is 7.29. The predicted octanol–water partition coefficient (Wildman–Crippen LogP) is 7.65. The molecule has 0 aromatic heterocycles. The second-order valence-electron chi connectivity index (χ2n) is 12.8. The molecule has 0 aliphatic carbocycles. The summed E-state index contributed by atoms with van der Waals surface area (Å²) < 4.78 is 33.0.